The van der Waals surface area contributed by atoms with Crippen LogP contribution in [-0.4, -0.2) is 65.8 Å². The highest BCUT2D eigenvalue weighted by atomic mass is 35.5. The molecule has 2 aromatic carbocycles. The molecule has 1 saturated carbocycles. The Morgan fingerprint density at radius 1 is 1.02 bits per heavy atom. The van der Waals surface area contributed by atoms with Crippen molar-refractivity contribution in [3.8, 4) is 0 Å². The lowest BCUT2D eigenvalue weighted by atomic mass is 10.0. The Labute approximate surface area is 257 Å². The number of nitrogens with zero attached hydrogens (tertiary/aromatic N) is 3. The Kier molecular flexibility index (Phi) is 9.64. The van der Waals surface area contributed by atoms with E-state index < -0.39 is 11.7 Å². The molecule has 3 aliphatic rings. The van der Waals surface area contributed by atoms with Crippen molar-refractivity contribution in [2.45, 2.75) is 77.1 Å². The number of hydrogen-bond donors (Lipinski definition) is 1. The van der Waals surface area contributed by atoms with Crippen LogP contribution >= 0.6 is 35.0 Å². The zero-order chi connectivity index (χ0) is 29.1. The monoisotopic (exact) mass is 618 g/mol. The Morgan fingerprint density at radius 2 is 1.73 bits per heavy atom. The number of aryl methyl sites for hydroxylation is 1. The molecule has 0 spiro atoms. The van der Waals surface area contributed by atoms with Gasteiger partial charge in [-0.25, -0.2) is 4.79 Å². The van der Waals surface area contributed by atoms with Crippen LogP contribution in [0.5, 0.6) is 0 Å². The Balaban J connectivity index is 1.17. The van der Waals surface area contributed by atoms with Gasteiger partial charge in [-0.05, 0) is 88.3 Å². The first-order valence-corrected chi connectivity index (χ1v) is 16.4. The maximum atomic E-state index is 13.9. The molecule has 1 N–H and O–H groups in total. The van der Waals surface area contributed by atoms with Crippen LogP contribution in [0.4, 0.5) is 16.2 Å². The number of nitrogens with one attached hydrogen (secondary N) is 1. The van der Waals surface area contributed by atoms with Gasteiger partial charge in [0, 0.05) is 53.9 Å². The molecule has 41 heavy (non-hydrogen) atoms. The first kappa shape index (κ1) is 30.3. The number of alkyl carbamates (subject to hydrolysis) is 1. The number of carbonyl (C=O) groups excluding carboxylic acids is 2. The number of unbranched alkanes of at least 4 members (excludes halogenated alkanes) is 1. The third kappa shape index (κ3) is 7.64. The number of hydrogen-bond acceptors (Lipinski definition) is 6. The highest BCUT2D eigenvalue weighted by Gasteiger charge is 2.40. The van der Waals surface area contributed by atoms with Gasteiger partial charge in [-0.3, -0.25) is 9.69 Å². The van der Waals surface area contributed by atoms with Crippen LogP contribution in [0, 0.1) is 0 Å². The molecule has 2 aromatic rings. The molecule has 2 heterocycles. The minimum Gasteiger partial charge on any atom is -0.444 e. The number of benzene rings is 2. The van der Waals surface area contributed by atoms with E-state index in [1.54, 1.807) is 11.8 Å². The Bertz CT molecular complexity index is 1270. The normalized spacial score (nSPS) is 19.3. The molecule has 2 aliphatic heterocycles. The number of fused-ring (bicyclic) bond motifs is 1. The lowest BCUT2D eigenvalue weighted by Crippen LogP contribution is -2.52. The first-order valence-electron chi connectivity index (χ1n) is 14.5. The molecule has 1 aliphatic carbocycles. The van der Waals surface area contributed by atoms with Crippen LogP contribution in [-0.2, 0) is 22.5 Å². The van der Waals surface area contributed by atoms with Crippen LogP contribution in [0.25, 0.3) is 0 Å². The van der Waals surface area contributed by atoms with E-state index in [1.165, 1.54) is 18.5 Å². The van der Waals surface area contributed by atoms with E-state index in [2.05, 4.69) is 33.3 Å². The molecule has 2 amide bonds. The van der Waals surface area contributed by atoms with E-state index in [0.29, 0.717) is 29.2 Å². The number of rotatable bonds is 9. The van der Waals surface area contributed by atoms with E-state index in [1.807, 2.05) is 43.9 Å². The van der Waals surface area contributed by atoms with Crippen molar-refractivity contribution < 1.29 is 14.3 Å². The maximum absolute atomic E-state index is 13.9. The molecular formula is C31H40Cl2N4O3S. The summed E-state index contributed by atoms with van der Waals surface area (Å²) >= 11 is 15.2. The fourth-order valence-electron chi connectivity index (χ4n) is 5.52. The standard InChI is InChI=1S/C31H40Cl2N4O3S/c1-31(2,3)40-30(39)34-13-7-6-8-21-16-25(33)22(17-24(21)32)18-35-20-41-19-28(35)29(38)37-15-14-36(23-11-12-23)26-9-4-5-10-27(26)37/h4-5,9-10,16-17,23,28H,6-8,11-15,18-20H2,1-3H3,(H,34,39). The molecule has 2 fully saturated rings. The molecule has 0 bridgehead atoms. The molecule has 7 nitrogen and oxygen atoms in total. The van der Waals surface area contributed by atoms with Crippen LogP contribution in [0.1, 0.15) is 57.6 Å². The van der Waals surface area contributed by atoms with Gasteiger partial charge in [0.25, 0.3) is 0 Å². The second-order valence-electron chi connectivity index (χ2n) is 12.1. The zero-order valence-electron chi connectivity index (χ0n) is 24.1. The molecular weight excluding hydrogens is 579 g/mol. The van der Waals surface area contributed by atoms with Gasteiger partial charge in [0.1, 0.15) is 5.60 Å². The summed E-state index contributed by atoms with van der Waals surface area (Å²) in [6.45, 7) is 8.25. The lowest BCUT2D eigenvalue weighted by Gasteiger charge is -2.39. The first-order chi connectivity index (χ1) is 19.6. The number of halogens is 2. The molecule has 0 aromatic heterocycles. The van der Waals surface area contributed by atoms with Crippen LogP contribution in [0.3, 0.4) is 0 Å². The number of amides is 2. The van der Waals surface area contributed by atoms with Gasteiger partial charge in [0.2, 0.25) is 5.91 Å². The molecule has 5 rings (SSSR count). The SMILES string of the molecule is CC(C)(C)OC(=O)NCCCCc1cc(Cl)c(CN2CSCC2C(=O)N2CCN(C3CC3)c3ccccc32)cc1Cl. The summed E-state index contributed by atoms with van der Waals surface area (Å²) in [5, 5.41) is 4.15. The van der Waals surface area contributed by atoms with Crippen molar-refractivity contribution in [2.75, 3.05) is 41.1 Å². The van der Waals surface area contributed by atoms with Crippen molar-refractivity contribution in [3.63, 3.8) is 0 Å². The fraction of sp³-hybridized carbons (Fsp3) is 0.548. The van der Waals surface area contributed by atoms with E-state index in [9.17, 15) is 9.59 Å². The summed E-state index contributed by atoms with van der Waals surface area (Å²) < 4.78 is 5.27. The number of ether oxygens (including phenoxy) is 1. The number of carbonyl (C=O) groups is 2. The van der Waals surface area contributed by atoms with E-state index in [4.69, 9.17) is 27.9 Å². The van der Waals surface area contributed by atoms with Crippen molar-refractivity contribution in [3.05, 3.63) is 57.6 Å². The van der Waals surface area contributed by atoms with Gasteiger partial charge < -0.3 is 19.9 Å². The molecule has 222 valence electrons. The zero-order valence-corrected chi connectivity index (χ0v) is 26.5. The fourth-order valence-corrected chi connectivity index (χ4v) is 7.24. The maximum Gasteiger partial charge on any atom is 0.407 e. The lowest BCUT2D eigenvalue weighted by molar-refractivity contribution is -0.122. The van der Waals surface area contributed by atoms with E-state index >= 15 is 0 Å². The van der Waals surface area contributed by atoms with Crippen molar-refractivity contribution in [2.24, 2.45) is 0 Å². The smallest absolute Gasteiger partial charge is 0.407 e. The summed E-state index contributed by atoms with van der Waals surface area (Å²) in [5.41, 5.74) is 3.63. The summed E-state index contributed by atoms with van der Waals surface area (Å²) in [7, 11) is 0. The highest BCUT2D eigenvalue weighted by Crippen LogP contribution is 2.41. The molecule has 1 saturated heterocycles. The van der Waals surface area contributed by atoms with Gasteiger partial charge in [-0.2, -0.15) is 0 Å². The van der Waals surface area contributed by atoms with Gasteiger partial charge >= 0.3 is 6.09 Å². The van der Waals surface area contributed by atoms with Gasteiger partial charge in [0.05, 0.1) is 17.4 Å². The van der Waals surface area contributed by atoms with Gasteiger partial charge in [-0.15, -0.1) is 11.8 Å². The van der Waals surface area contributed by atoms with Crippen molar-refractivity contribution >= 4 is 58.3 Å². The van der Waals surface area contributed by atoms with E-state index in [-0.39, 0.29) is 11.9 Å². The molecule has 1 unspecified atom stereocenters. The third-order valence-corrected chi connectivity index (χ3v) is 9.46. The predicted molar refractivity (Wildman–Crippen MR) is 169 cm³/mol. The van der Waals surface area contributed by atoms with Gasteiger partial charge in [0.15, 0.2) is 0 Å². The minimum absolute atomic E-state index is 0.164. The number of thioether (sulfide) groups is 1. The predicted octanol–water partition coefficient (Wildman–Crippen LogP) is 6.73. The Morgan fingerprint density at radius 3 is 2.46 bits per heavy atom. The average Bonchev–Trinajstić information content (AvgIpc) is 3.66. The second-order valence-corrected chi connectivity index (χ2v) is 13.9. The van der Waals surface area contributed by atoms with Crippen molar-refractivity contribution in [1.82, 2.24) is 10.2 Å². The topological polar surface area (TPSA) is 65.1 Å². The van der Waals surface area contributed by atoms with Crippen LogP contribution < -0.4 is 15.1 Å². The van der Waals surface area contributed by atoms with Gasteiger partial charge in [-0.1, -0.05) is 35.3 Å². The number of para-hydroxylation sites is 2. The summed E-state index contributed by atoms with van der Waals surface area (Å²) in [6.07, 6.45) is 4.51. The summed E-state index contributed by atoms with van der Waals surface area (Å²) in [4.78, 5) is 32.4. The highest BCUT2D eigenvalue weighted by molar-refractivity contribution is 7.99. The summed E-state index contributed by atoms with van der Waals surface area (Å²) in [6, 6.07) is 12.6. The molecule has 10 heteroatoms. The number of anilines is 2. The van der Waals surface area contributed by atoms with E-state index in [0.717, 1.165) is 60.8 Å². The van der Waals surface area contributed by atoms with Crippen LogP contribution in [0.2, 0.25) is 10.0 Å². The quantitative estimate of drug-likeness (QED) is 0.314. The van der Waals surface area contributed by atoms with Crippen LogP contribution in [0.15, 0.2) is 36.4 Å². The Hall–Kier alpha value is -2.13. The molecule has 0 radical (unpaired) electrons. The largest absolute Gasteiger partial charge is 0.444 e. The average molecular weight is 620 g/mol. The van der Waals surface area contributed by atoms with Crippen molar-refractivity contribution in [1.29, 1.82) is 0 Å². The second kappa shape index (κ2) is 13.0. The summed E-state index contributed by atoms with van der Waals surface area (Å²) in [5.74, 6) is 1.71. The third-order valence-electron chi connectivity index (χ3n) is 7.69. The molecule has 1 atom stereocenters. The minimum atomic E-state index is -0.506.